The molecule has 0 bridgehead atoms. The van der Waals surface area contributed by atoms with E-state index in [0.717, 1.165) is 34.0 Å². The summed E-state index contributed by atoms with van der Waals surface area (Å²) in [4.78, 5) is 12.4. The van der Waals surface area contributed by atoms with Gasteiger partial charge in [0, 0.05) is 29.2 Å². The van der Waals surface area contributed by atoms with E-state index in [-0.39, 0.29) is 19.2 Å². The van der Waals surface area contributed by atoms with Crippen molar-refractivity contribution >= 4 is 17.5 Å². The molecule has 5 nitrogen and oxygen atoms in total. The lowest BCUT2D eigenvalue weighted by molar-refractivity contribution is 0.102. The van der Waals surface area contributed by atoms with Crippen LogP contribution in [0.1, 0.15) is 27.3 Å². The fourth-order valence-electron chi connectivity index (χ4n) is 2.86. The van der Waals surface area contributed by atoms with Crippen LogP contribution in [0.2, 0.25) is 0 Å². The van der Waals surface area contributed by atoms with Gasteiger partial charge in [0.25, 0.3) is 0 Å². The lowest BCUT2D eigenvalue weighted by Crippen LogP contribution is -2.08. The van der Waals surface area contributed by atoms with Crippen LogP contribution in [0.5, 0.6) is 11.5 Å². The van der Waals surface area contributed by atoms with Gasteiger partial charge < -0.3 is 19.1 Å². The van der Waals surface area contributed by atoms with Crippen molar-refractivity contribution in [3.63, 3.8) is 0 Å². The van der Waals surface area contributed by atoms with Crippen molar-refractivity contribution in [2.75, 3.05) is 24.9 Å². The van der Waals surface area contributed by atoms with Gasteiger partial charge in [-0.05, 0) is 37.6 Å². The van der Waals surface area contributed by atoms with Gasteiger partial charge in [0.2, 0.25) is 6.79 Å². The Bertz CT molecular complexity index is 754. The Kier molecular flexibility index (Phi) is 5.16. The molecule has 1 N–H and O–H groups in total. The van der Waals surface area contributed by atoms with Crippen molar-refractivity contribution in [2.45, 2.75) is 20.4 Å². The minimum Gasteiger partial charge on any atom is -0.454 e. The van der Waals surface area contributed by atoms with E-state index in [9.17, 15) is 4.79 Å². The minimum absolute atomic E-state index is 0.0983. The molecule has 0 saturated carbocycles. The second-order valence-electron chi connectivity index (χ2n) is 5.76. The third-order valence-corrected chi connectivity index (χ3v) is 5.06. The number of carbonyl (C=O) groups is 1. The van der Waals surface area contributed by atoms with Gasteiger partial charge in [0.15, 0.2) is 17.3 Å². The maximum Gasteiger partial charge on any atom is 0.231 e. The Hall–Kier alpha value is -1.92. The second-order valence-corrected chi connectivity index (χ2v) is 6.86. The quantitative estimate of drug-likeness (QED) is 0.616. The van der Waals surface area contributed by atoms with E-state index in [0.29, 0.717) is 18.1 Å². The first-order valence-corrected chi connectivity index (χ1v) is 9.02. The third-order valence-electron chi connectivity index (χ3n) is 4.12. The van der Waals surface area contributed by atoms with Crippen LogP contribution in [0, 0.1) is 13.8 Å². The fraction of sp³-hybridized carbons (Fsp3) is 0.389. The largest absolute Gasteiger partial charge is 0.454 e. The number of ether oxygens (including phenoxy) is 2. The Morgan fingerprint density at radius 2 is 2.04 bits per heavy atom. The molecule has 0 aliphatic carbocycles. The van der Waals surface area contributed by atoms with E-state index < -0.39 is 0 Å². The SMILES string of the molecule is Cc1cc(C(=O)CSCCO)c(C)n1Cc1ccc2c(c1)OCO2. The van der Waals surface area contributed by atoms with Crippen molar-refractivity contribution in [1.82, 2.24) is 4.57 Å². The zero-order valence-corrected chi connectivity index (χ0v) is 14.7. The van der Waals surface area contributed by atoms with Gasteiger partial charge in [-0.2, -0.15) is 11.8 Å². The molecule has 3 rings (SSSR count). The van der Waals surface area contributed by atoms with E-state index in [4.69, 9.17) is 14.6 Å². The molecule has 1 aliphatic heterocycles. The van der Waals surface area contributed by atoms with E-state index in [2.05, 4.69) is 4.57 Å². The van der Waals surface area contributed by atoms with Crippen LogP contribution in [0.3, 0.4) is 0 Å². The Morgan fingerprint density at radius 1 is 1.25 bits per heavy atom. The molecule has 128 valence electrons. The number of fused-ring (bicyclic) bond motifs is 1. The van der Waals surface area contributed by atoms with Crippen LogP contribution >= 0.6 is 11.8 Å². The number of hydrogen-bond acceptors (Lipinski definition) is 5. The number of Topliss-reactive ketones (excluding diaryl/α,β-unsaturated/α-hetero) is 1. The minimum atomic E-state index is 0.0983. The number of benzene rings is 1. The summed E-state index contributed by atoms with van der Waals surface area (Å²) in [5.41, 5.74) is 3.90. The molecule has 1 aromatic heterocycles. The molecule has 1 aliphatic rings. The highest BCUT2D eigenvalue weighted by atomic mass is 32.2. The van der Waals surface area contributed by atoms with Crippen LogP contribution in [-0.4, -0.2) is 40.4 Å². The number of carbonyl (C=O) groups excluding carboxylic acids is 1. The van der Waals surface area contributed by atoms with Crippen LogP contribution < -0.4 is 9.47 Å². The molecule has 0 saturated heterocycles. The fourth-order valence-corrected chi connectivity index (χ4v) is 3.47. The lowest BCUT2D eigenvalue weighted by atomic mass is 10.1. The van der Waals surface area contributed by atoms with E-state index in [1.165, 1.54) is 11.8 Å². The number of rotatable bonds is 7. The maximum atomic E-state index is 12.4. The molecule has 0 amide bonds. The van der Waals surface area contributed by atoms with Gasteiger partial charge >= 0.3 is 0 Å². The van der Waals surface area contributed by atoms with E-state index in [1.807, 2.05) is 38.1 Å². The number of aromatic nitrogens is 1. The summed E-state index contributed by atoms with van der Waals surface area (Å²) in [7, 11) is 0. The number of hydrogen-bond donors (Lipinski definition) is 1. The zero-order valence-electron chi connectivity index (χ0n) is 13.9. The number of aliphatic hydroxyl groups is 1. The maximum absolute atomic E-state index is 12.4. The van der Waals surface area contributed by atoms with Gasteiger partial charge in [0.05, 0.1) is 12.4 Å². The monoisotopic (exact) mass is 347 g/mol. The highest BCUT2D eigenvalue weighted by Gasteiger charge is 2.17. The number of aryl methyl sites for hydroxylation is 1. The van der Waals surface area contributed by atoms with Crippen LogP contribution in [0.25, 0.3) is 0 Å². The standard InChI is InChI=1S/C18H21NO4S/c1-12-7-15(16(21)10-24-6-5-20)13(2)19(12)9-14-3-4-17-18(8-14)23-11-22-17/h3-4,7-8,20H,5-6,9-11H2,1-2H3. The molecular weight excluding hydrogens is 326 g/mol. The first kappa shape index (κ1) is 16.9. The Morgan fingerprint density at radius 3 is 2.83 bits per heavy atom. The highest BCUT2D eigenvalue weighted by molar-refractivity contribution is 8.00. The summed E-state index contributed by atoms with van der Waals surface area (Å²) < 4.78 is 12.9. The Balaban J connectivity index is 1.78. The molecule has 0 spiro atoms. The molecule has 2 aromatic rings. The highest BCUT2D eigenvalue weighted by Crippen LogP contribution is 2.33. The average Bonchev–Trinajstić information content (AvgIpc) is 3.14. The summed E-state index contributed by atoms with van der Waals surface area (Å²) in [6.45, 7) is 5.04. The van der Waals surface area contributed by atoms with Crippen molar-refractivity contribution in [3.8, 4) is 11.5 Å². The van der Waals surface area contributed by atoms with E-state index >= 15 is 0 Å². The number of ketones is 1. The van der Waals surface area contributed by atoms with Gasteiger partial charge in [-0.3, -0.25) is 4.79 Å². The predicted octanol–water partition coefficient (Wildman–Crippen LogP) is 2.79. The molecule has 2 heterocycles. The average molecular weight is 347 g/mol. The van der Waals surface area contributed by atoms with Crippen molar-refractivity contribution in [3.05, 3.63) is 46.8 Å². The summed E-state index contributed by atoms with van der Waals surface area (Å²) in [5, 5.41) is 8.83. The molecule has 1 aromatic carbocycles. The predicted molar refractivity (Wildman–Crippen MR) is 94.3 cm³/mol. The topological polar surface area (TPSA) is 60.7 Å². The lowest BCUT2D eigenvalue weighted by Gasteiger charge is -2.10. The van der Waals surface area contributed by atoms with Crippen molar-refractivity contribution in [1.29, 1.82) is 0 Å². The Labute approximate surface area is 145 Å². The second kappa shape index (κ2) is 7.32. The molecule has 0 radical (unpaired) electrons. The normalized spacial score (nSPS) is 12.6. The summed E-state index contributed by atoms with van der Waals surface area (Å²) in [5.74, 6) is 2.64. The van der Waals surface area contributed by atoms with Crippen LogP contribution in [0.15, 0.2) is 24.3 Å². The summed E-state index contributed by atoms with van der Waals surface area (Å²) in [6, 6.07) is 7.87. The smallest absolute Gasteiger partial charge is 0.231 e. The molecule has 6 heteroatoms. The summed E-state index contributed by atoms with van der Waals surface area (Å²) in [6.07, 6.45) is 0. The number of thioether (sulfide) groups is 1. The molecule has 24 heavy (non-hydrogen) atoms. The number of nitrogens with zero attached hydrogens (tertiary/aromatic N) is 1. The van der Waals surface area contributed by atoms with Gasteiger partial charge in [-0.25, -0.2) is 0 Å². The first-order valence-electron chi connectivity index (χ1n) is 7.87. The van der Waals surface area contributed by atoms with Gasteiger partial charge in [0.1, 0.15) is 0 Å². The molecule has 0 unspecified atom stereocenters. The summed E-state index contributed by atoms with van der Waals surface area (Å²) >= 11 is 1.46. The van der Waals surface area contributed by atoms with Crippen LogP contribution in [-0.2, 0) is 6.54 Å². The first-order chi connectivity index (χ1) is 11.6. The molecule has 0 fully saturated rings. The van der Waals surface area contributed by atoms with E-state index in [1.54, 1.807) is 0 Å². The molecular formula is C18H21NO4S. The number of aliphatic hydroxyl groups excluding tert-OH is 1. The van der Waals surface area contributed by atoms with Crippen molar-refractivity contribution < 1.29 is 19.4 Å². The van der Waals surface area contributed by atoms with Gasteiger partial charge in [-0.1, -0.05) is 6.07 Å². The van der Waals surface area contributed by atoms with Gasteiger partial charge in [-0.15, -0.1) is 0 Å². The zero-order chi connectivity index (χ0) is 17.1. The van der Waals surface area contributed by atoms with Crippen molar-refractivity contribution in [2.24, 2.45) is 0 Å². The van der Waals surface area contributed by atoms with Crippen LogP contribution in [0.4, 0.5) is 0 Å². The third kappa shape index (κ3) is 3.44. The molecule has 0 atom stereocenters.